The predicted octanol–water partition coefficient (Wildman–Crippen LogP) is 1.99. The smallest absolute Gasteiger partial charge is 0.113 e. The van der Waals surface area contributed by atoms with E-state index >= 15 is 0 Å². The average molecular weight is 242 g/mol. The molecule has 1 saturated heterocycles. The number of likely N-dealkylation sites (tertiary alicyclic amines) is 1. The van der Waals surface area contributed by atoms with Crippen LogP contribution < -0.4 is 5.32 Å². The molecule has 0 atom stereocenters. The van der Waals surface area contributed by atoms with E-state index < -0.39 is 0 Å². The maximum absolute atomic E-state index is 6.34. The minimum atomic E-state index is 0.871. The largest absolute Gasteiger partial charge is 0.337 e. The fourth-order valence-electron chi connectivity index (χ4n) is 2.34. The maximum Gasteiger partial charge on any atom is 0.113 e. The number of hydrogen-bond donors (Lipinski definition) is 1. The van der Waals surface area contributed by atoms with Crippen LogP contribution in [0.4, 0.5) is 0 Å². The molecule has 0 aromatic carbocycles. The van der Waals surface area contributed by atoms with Crippen LogP contribution in [-0.4, -0.2) is 29.6 Å². The van der Waals surface area contributed by atoms with Crippen molar-refractivity contribution >= 4 is 11.6 Å². The van der Waals surface area contributed by atoms with Gasteiger partial charge in [-0.25, -0.2) is 0 Å². The molecule has 1 aliphatic heterocycles. The summed E-state index contributed by atoms with van der Waals surface area (Å²) >= 11 is 6.34. The molecule has 0 amide bonds. The summed E-state index contributed by atoms with van der Waals surface area (Å²) in [6, 6.07) is 2.22. The van der Waals surface area contributed by atoms with E-state index in [0.717, 1.165) is 18.2 Å². The Morgan fingerprint density at radius 1 is 1.38 bits per heavy atom. The van der Waals surface area contributed by atoms with Gasteiger partial charge >= 0.3 is 0 Å². The van der Waals surface area contributed by atoms with E-state index in [-0.39, 0.29) is 0 Å². The van der Waals surface area contributed by atoms with E-state index in [1.807, 2.05) is 14.1 Å². The van der Waals surface area contributed by atoms with E-state index in [1.54, 1.807) is 0 Å². The molecule has 2 rings (SSSR count). The fraction of sp³-hybridized carbons (Fsp3) is 0.667. The Morgan fingerprint density at radius 3 is 2.69 bits per heavy atom. The van der Waals surface area contributed by atoms with E-state index in [0.29, 0.717) is 0 Å². The highest BCUT2D eigenvalue weighted by molar-refractivity contribution is 6.30. The molecule has 1 aromatic heterocycles. The number of nitrogens with zero attached hydrogens (tertiary/aromatic N) is 2. The predicted molar refractivity (Wildman–Crippen MR) is 67.7 cm³/mol. The molecule has 16 heavy (non-hydrogen) atoms. The first-order valence-corrected chi connectivity index (χ1v) is 6.30. The van der Waals surface area contributed by atoms with Crippen molar-refractivity contribution in [2.75, 3.05) is 20.1 Å². The van der Waals surface area contributed by atoms with Crippen LogP contribution in [0.1, 0.15) is 24.1 Å². The minimum absolute atomic E-state index is 0.871. The fourth-order valence-corrected chi connectivity index (χ4v) is 2.57. The second-order valence-corrected chi connectivity index (χ2v) is 4.88. The molecule has 1 fully saturated rings. The van der Waals surface area contributed by atoms with Crippen LogP contribution in [-0.2, 0) is 20.1 Å². The molecule has 0 bridgehead atoms. The average Bonchev–Trinajstić information content (AvgIpc) is 2.85. The van der Waals surface area contributed by atoms with E-state index in [9.17, 15) is 0 Å². The summed E-state index contributed by atoms with van der Waals surface area (Å²) < 4.78 is 2.07. The van der Waals surface area contributed by atoms with Crippen LogP contribution in [0.25, 0.3) is 0 Å². The standard InChI is InChI=1S/C12H20ClN3/c1-14-8-11-7-10(12(13)15(11)2)9-16-5-3-4-6-16/h7,14H,3-6,8-9H2,1-2H3. The molecule has 90 valence electrons. The Hall–Kier alpha value is -0.510. The van der Waals surface area contributed by atoms with Crippen molar-refractivity contribution in [3.05, 3.63) is 22.5 Å². The SMILES string of the molecule is CNCc1cc(CN2CCCC2)c(Cl)n1C. The lowest BCUT2D eigenvalue weighted by Crippen LogP contribution is -2.18. The Labute approximate surface area is 102 Å². The highest BCUT2D eigenvalue weighted by atomic mass is 35.5. The molecule has 4 heteroatoms. The topological polar surface area (TPSA) is 20.2 Å². The number of rotatable bonds is 4. The van der Waals surface area contributed by atoms with Crippen LogP contribution in [0.5, 0.6) is 0 Å². The molecule has 1 aliphatic rings. The molecule has 3 nitrogen and oxygen atoms in total. The van der Waals surface area contributed by atoms with Gasteiger partial charge in [-0.3, -0.25) is 4.90 Å². The number of nitrogens with one attached hydrogen (secondary N) is 1. The van der Waals surface area contributed by atoms with Crippen molar-refractivity contribution < 1.29 is 0 Å². The summed E-state index contributed by atoms with van der Waals surface area (Å²) in [6.45, 7) is 4.30. The van der Waals surface area contributed by atoms with Gasteiger partial charge in [0, 0.05) is 31.4 Å². The molecular weight excluding hydrogens is 222 g/mol. The minimum Gasteiger partial charge on any atom is -0.337 e. The first-order chi connectivity index (χ1) is 7.72. The van der Waals surface area contributed by atoms with Gasteiger partial charge in [-0.05, 0) is 39.0 Å². The number of aromatic nitrogens is 1. The summed E-state index contributed by atoms with van der Waals surface area (Å²) in [7, 11) is 3.99. The van der Waals surface area contributed by atoms with Gasteiger partial charge in [0.05, 0.1) is 0 Å². The van der Waals surface area contributed by atoms with Gasteiger partial charge in [-0.15, -0.1) is 0 Å². The van der Waals surface area contributed by atoms with E-state index in [4.69, 9.17) is 11.6 Å². The highest BCUT2D eigenvalue weighted by Crippen LogP contribution is 2.23. The number of hydrogen-bond acceptors (Lipinski definition) is 2. The van der Waals surface area contributed by atoms with Crippen molar-refractivity contribution in [1.82, 2.24) is 14.8 Å². The summed E-state index contributed by atoms with van der Waals surface area (Å²) in [5.74, 6) is 0. The Morgan fingerprint density at radius 2 is 2.06 bits per heavy atom. The zero-order chi connectivity index (χ0) is 11.5. The lowest BCUT2D eigenvalue weighted by atomic mass is 10.3. The maximum atomic E-state index is 6.34. The zero-order valence-corrected chi connectivity index (χ0v) is 10.8. The quantitative estimate of drug-likeness (QED) is 0.870. The van der Waals surface area contributed by atoms with Crippen LogP contribution >= 0.6 is 11.6 Å². The van der Waals surface area contributed by atoms with Crippen LogP contribution in [0.15, 0.2) is 6.07 Å². The molecule has 0 unspecified atom stereocenters. The molecule has 0 radical (unpaired) electrons. The molecule has 2 heterocycles. The molecule has 0 aliphatic carbocycles. The van der Waals surface area contributed by atoms with E-state index in [1.165, 1.54) is 37.2 Å². The van der Waals surface area contributed by atoms with Gasteiger partial charge in [0.1, 0.15) is 5.15 Å². The van der Waals surface area contributed by atoms with Crippen LogP contribution in [0.3, 0.4) is 0 Å². The molecule has 1 aromatic rings. The summed E-state index contributed by atoms with van der Waals surface area (Å²) in [5.41, 5.74) is 2.51. The van der Waals surface area contributed by atoms with Gasteiger partial charge in [0.2, 0.25) is 0 Å². The lowest BCUT2D eigenvalue weighted by Gasteiger charge is -2.13. The van der Waals surface area contributed by atoms with Gasteiger partial charge in [-0.2, -0.15) is 0 Å². The number of halogens is 1. The normalized spacial score (nSPS) is 17.2. The lowest BCUT2D eigenvalue weighted by molar-refractivity contribution is 0.331. The van der Waals surface area contributed by atoms with Crippen molar-refractivity contribution in [2.24, 2.45) is 7.05 Å². The van der Waals surface area contributed by atoms with Crippen molar-refractivity contribution in [3.8, 4) is 0 Å². The van der Waals surface area contributed by atoms with Crippen LogP contribution in [0.2, 0.25) is 5.15 Å². The first-order valence-electron chi connectivity index (χ1n) is 5.92. The van der Waals surface area contributed by atoms with Gasteiger partial charge in [0.15, 0.2) is 0 Å². The van der Waals surface area contributed by atoms with Crippen molar-refractivity contribution in [3.63, 3.8) is 0 Å². The van der Waals surface area contributed by atoms with Crippen molar-refractivity contribution in [2.45, 2.75) is 25.9 Å². The Balaban J connectivity index is 2.10. The summed E-state index contributed by atoms with van der Waals surface area (Å²) in [4.78, 5) is 2.48. The third kappa shape index (κ3) is 2.42. The molecule has 0 saturated carbocycles. The van der Waals surface area contributed by atoms with Crippen LogP contribution in [0, 0.1) is 0 Å². The van der Waals surface area contributed by atoms with Gasteiger partial charge in [-0.1, -0.05) is 11.6 Å². The second-order valence-electron chi connectivity index (χ2n) is 4.52. The van der Waals surface area contributed by atoms with Gasteiger partial charge in [0.25, 0.3) is 0 Å². The third-order valence-corrected chi connectivity index (χ3v) is 3.78. The molecule has 1 N–H and O–H groups in total. The highest BCUT2D eigenvalue weighted by Gasteiger charge is 2.16. The Kier molecular flexibility index (Phi) is 3.90. The summed E-state index contributed by atoms with van der Waals surface area (Å²) in [5, 5.41) is 4.05. The molecular formula is C12H20ClN3. The van der Waals surface area contributed by atoms with E-state index in [2.05, 4.69) is 20.9 Å². The van der Waals surface area contributed by atoms with Crippen molar-refractivity contribution in [1.29, 1.82) is 0 Å². The Bertz CT molecular complexity index is 353. The second kappa shape index (κ2) is 5.21. The summed E-state index contributed by atoms with van der Waals surface area (Å²) in [6.07, 6.45) is 2.65. The third-order valence-electron chi connectivity index (χ3n) is 3.28. The molecule has 0 spiro atoms. The zero-order valence-electron chi connectivity index (χ0n) is 10.1. The van der Waals surface area contributed by atoms with Gasteiger partial charge < -0.3 is 9.88 Å². The monoisotopic (exact) mass is 241 g/mol. The first kappa shape index (κ1) is 12.0.